The predicted octanol–water partition coefficient (Wildman–Crippen LogP) is 2.09. The van der Waals surface area contributed by atoms with Crippen LogP contribution in [0.25, 0.3) is 0 Å². The number of benzene rings is 1. The standard InChI is InChI=1S/C14H21FN2O3S/c1-5-6-14(3,4)17-13(18)11-8-10(21(16,19)20)7-9(2)12(11)15/h7-8H,5-6H2,1-4H3,(H,17,18)(H2,16,19,20). The summed E-state index contributed by atoms with van der Waals surface area (Å²) < 4.78 is 36.8. The molecule has 1 aromatic carbocycles. The van der Waals surface area contributed by atoms with E-state index in [1.54, 1.807) is 0 Å². The fourth-order valence-electron chi connectivity index (χ4n) is 2.13. The molecule has 0 saturated carbocycles. The molecule has 3 N–H and O–H groups in total. The van der Waals surface area contributed by atoms with E-state index in [1.165, 1.54) is 6.92 Å². The van der Waals surface area contributed by atoms with Gasteiger partial charge in [-0.1, -0.05) is 13.3 Å². The summed E-state index contributed by atoms with van der Waals surface area (Å²) in [6, 6.07) is 2.08. The van der Waals surface area contributed by atoms with Gasteiger partial charge in [-0.05, 0) is 44.9 Å². The second kappa shape index (κ2) is 6.11. The number of hydrogen-bond acceptors (Lipinski definition) is 3. The molecule has 0 unspecified atom stereocenters. The lowest BCUT2D eigenvalue weighted by molar-refractivity contribution is 0.0904. The van der Waals surface area contributed by atoms with Gasteiger partial charge in [-0.2, -0.15) is 0 Å². The molecule has 0 aromatic heterocycles. The summed E-state index contributed by atoms with van der Waals surface area (Å²) in [5, 5.41) is 7.74. The molecule has 7 heteroatoms. The molecule has 0 atom stereocenters. The molecule has 0 radical (unpaired) electrons. The van der Waals surface area contributed by atoms with E-state index >= 15 is 0 Å². The number of carbonyl (C=O) groups excluding carboxylic acids is 1. The number of amides is 1. The average molecular weight is 316 g/mol. The van der Waals surface area contributed by atoms with Crippen LogP contribution in [0.3, 0.4) is 0 Å². The van der Waals surface area contributed by atoms with Crippen molar-refractivity contribution in [3.05, 3.63) is 29.1 Å². The number of sulfonamides is 1. The molecule has 0 aliphatic heterocycles. The number of primary sulfonamides is 1. The third-order valence-corrected chi connectivity index (χ3v) is 4.02. The molecule has 5 nitrogen and oxygen atoms in total. The Hall–Kier alpha value is -1.47. The first kappa shape index (κ1) is 17.6. The van der Waals surface area contributed by atoms with Gasteiger partial charge in [-0.25, -0.2) is 17.9 Å². The van der Waals surface area contributed by atoms with Gasteiger partial charge in [0.1, 0.15) is 5.82 Å². The molecule has 21 heavy (non-hydrogen) atoms. The maximum absolute atomic E-state index is 14.1. The van der Waals surface area contributed by atoms with Crippen molar-refractivity contribution in [1.29, 1.82) is 0 Å². The number of carbonyl (C=O) groups is 1. The van der Waals surface area contributed by atoms with Crippen molar-refractivity contribution in [1.82, 2.24) is 5.32 Å². The van der Waals surface area contributed by atoms with Crippen LogP contribution < -0.4 is 10.5 Å². The molecule has 0 bridgehead atoms. The molecule has 0 saturated heterocycles. The summed E-state index contributed by atoms with van der Waals surface area (Å²) in [6.07, 6.45) is 1.57. The van der Waals surface area contributed by atoms with Gasteiger partial charge in [0, 0.05) is 5.54 Å². The van der Waals surface area contributed by atoms with Crippen molar-refractivity contribution < 1.29 is 17.6 Å². The second-order valence-electron chi connectivity index (χ2n) is 5.73. The maximum atomic E-state index is 14.1. The number of hydrogen-bond donors (Lipinski definition) is 2. The highest BCUT2D eigenvalue weighted by Gasteiger charge is 2.24. The van der Waals surface area contributed by atoms with Crippen LogP contribution in [0.5, 0.6) is 0 Å². The van der Waals surface area contributed by atoms with Crippen LogP contribution in [0.2, 0.25) is 0 Å². The second-order valence-corrected chi connectivity index (χ2v) is 7.30. The zero-order valence-electron chi connectivity index (χ0n) is 12.7. The lowest BCUT2D eigenvalue weighted by Gasteiger charge is -2.26. The lowest BCUT2D eigenvalue weighted by Crippen LogP contribution is -2.43. The van der Waals surface area contributed by atoms with E-state index in [-0.39, 0.29) is 16.0 Å². The third kappa shape index (κ3) is 4.50. The minimum atomic E-state index is -4.00. The van der Waals surface area contributed by atoms with Gasteiger partial charge in [0.05, 0.1) is 10.5 Å². The number of halogens is 1. The first-order valence-electron chi connectivity index (χ1n) is 6.63. The molecule has 0 fully saturated rings. The van der Waals surface area contributed by atoms with Crippen molar-refractivity contribution in [2.45, 2.75) is 51.0 Å². The van der Waals surface area contributed by atoms with Crippen molar-refractivity contribution in [3.8, 4) is 0 Å². The van der Waals surface area contributed by atoms with Gasteiger partial charge in [0.2, 0.25) is 10.0 Å². The predicted molar refractivity (Wildman–Crippen MR) is 79.0 cm³/mol. The molecule has 0 aliphatic carbocycles. The van der Waals surface area contributed by atoms with Crippen molar-refractivity contribution in [3.63, 3.8) is 0 Å². The fourth-order valence-corrected chi connectivity index (χ4v) is 2.75. The summed E-state index contributed by atoms with van der Waals surface area (Å²) in [5.74, 6) is -1.40. The monoisotopic (exact) mass is 316 g/mol. The summed E-state index contributed by atoms with van der Waals surface area (Å²) in [5.41, 5.74) is -0.771. The SMILES string of the molecule is CCCC(C)(C)NC(=O)c1cc(S(N)(=O)=O)cc(C)c1F. The Labute approximate surface area is 124 Å². The van der Waals surface area contributed by atoms with E-state index < -0.39 is 27.3 Å². The van der Waals surface area contributed by atoms with E-state index in [0.29, 0.717) is 6.42 Å². The van der Waals surface area contributed by atoms with Crippen LogP contribution in [-0.4, -0.2) is 19.9 Å². The molecule has 1 amide bonds. The number of aryl methyl sites for hydroxylation is 1. The Kier molecular flexibility index (Phi) is 5.11. The van der Waals surface area contributed by atoms with Crippen molar-refractivity contribution in [2.24, 2.45) is 5.14 Å². The Balaban J connectivity index is 3.24. The van der Waals surface area contributed by atoms with Gasteiger partial charge in [0.15, 0.2) is 0 Å². The van der Waals surface area contributed by atoms with Crippen molar-refractivity contribution >= 4 is 15.9 Å². The summed E-state index contributed by atoms with van der Waals surface area (Å²) >= 11 is 0. The summed E-state index contributed by atoms with van der Waals surface area (Å²) in [4.78, 5) is 11.9. The molecule has 1 aromatic rings. The highest BCUT2D eigenvalue weighted by Crippen LogP contribution is 2.20. The maximum Gasteiger partial charge on any atom is 0.254 e. The third-order valence-electron chi connectivity index (χ3n) is 3.13. The summed E-state index contributed by atoms with van der Waals surface area (Å²) in [6.45, 7) is 7.00. The van der Waals surface area contributed by atoms with Crippen LogP contribution in [0.1, 0.15) is 49.5 Å². The zero-order chi connectivity index (χ0) is 16.4. The van der Waals surface area contributed by atoms with E-state index in [0.717, 1.165) is 18.6 Å². The average Bonchev–Trinajstić information content (AvgIpc) is 2.29. The molecule has 0 heterocycles. The van der Waals surface area contributed by atoms with E-state index in [9.17, 15) is 17.6 Å². The van der Waals surface area contributed by atoms with Crippen molar-refractivity contribution in [2.75, 3.05) is 0 Å². The van der Waals surface area contributed by atoms with E-state index in [2.05, 4.69) is 5.32 Å². The molecule has 1 rings (SSSR count). The van der Waals surface area contributed by atoms with Crippen LogP contribution in [0.4, 0.5) is 4.39 Å². The summed E-state index contributed by atoms with van der Waals surface area (Å²) in [7, 11) is -4.00. The van der Waals surface area contributed by atoms with Crippen LogP contribution >= 0.6 is 0 Å². The quantitative estimate of drug-likeness (QED) is 0.871. The number of nitrogens with one attached hydrogen (secondary N) is 1. The van der Waals surface area contributed by atoms with Gasteiger partial charge in [-0.3, -0.25) is 4.79 Å². The lowest BCUT2D eigenvalue weighted by atomic mass is 9.98. The molecule has 0 aliphatic rings. The highest BCUT2D eigenvalue weighted by molar-refractivity contribution is 7.89. The van der Waals surface area contributed by atoms with Crippen LogP contribution in [0.15, 0.2) is 17.0 Å². The smallest absolute Gasteiger partial charge is 0.254 e. The largest absolute Gasteiger partial charge is 0.347 e. The van der Waals surface area contributed by atoms with E-state index in [1.807, 2.05) is 20.8 Å². The Morgan fingerprint density at radius 3 is 2.43 bits per heavy atom. The zero-order valence-corrected chi connectivity index (χ0v) is 13.5. The van der Waals surface area contributed by atoms with Gasteiger partial charge in [0.25, 0.3) is 5.91 Å². The van der Waals surface area contributed by atoms with Gasteiger partial charge in [-0.15, -0.1) is 0 Å². The normalized spacial score (nSPS) is 12.3. The molecule has 0 spiro atoms. The van der Waals surface area contributed by atoms with Gasteiger partial charge >= 0.3 is 0 Å². The number of nitrogens with two attached hydrogens (primary N) is 1. The highest BCUT2D eigenvalue weighted by atomic mass is 32.2. The Morgan fingerprint density at radius 1 is 1.38 bits per heavy atom. The van der Waals surface area contributed by atoms with Gasteiger partial charge < -0.3 is 5.32 Å². The fraction of sp³-hybridized carbons (Fsp3) is 0.500. The molecular weight excluding hydrogens is 295 g/mol. The first-order valence-corrected chi connectivity index (χ1v) is 8.18. The minimum Gasteiger partial charge on any atom is -0.347 e. The first-order chi connectivity index (χ1) is 9.48. The van der Waals surface area contributed by atoms with Crippen LogP contribution in [0, 0.1) is 12.7 Å². The van der Waals surface area contributed by atoms with Crippen LogP contribution in [-0.2, 0) is 10.0 Å². The topological polar surface area (TPSA) is 89.3 Å². The Bertz CT molecular complexity index is 654. The number of rotatable bonds is 5. The molecule has 118 valence electrons. The Morgan fingerprint density at radius 2 is 1.95 bits per heavy atom. The minimum absolute atomic E-state index is 0.0555. The van der Waals surface area contributed by atoms with E-state index in [4.69, 9.17) is 5.14 Å². The molecular formula is C14H21FN2O3S.